The first-order valence-electron chi connectivity index (χ1n) is 9.31. The molecule has 0 aliphatic heterocycles. The molecule has 1 rings (SSSR count). The zero-order valence-electron chi connectivity index (χ0n) is 16.6. The van der Waals surface area contributed by atoms with Crippen molar-refractivity contribution in [2.45, 2.75) is 58.8 Å². The smallest absolute Gasteiger partial charge is 0.348 e. The van der Waals surface area contributed by atoms with Crippen LogP contribution in [0.4, 0.5) is 5.00 Å². The maximum absolute atomic E-state index is 12.1. The van der Waals surface area contributed by atoms with Crippen molar-refractivity contribution in [2.75, 3.05) is 26.1 Å². The second-order valence-electron chi connectivity index (χ2n) is 6.25. The van der Waals surface area contributed by atoms with Crippen LogP contribution in [0.25, 0.3) is 0 Å². The Bertz CT molecular complexity index is 644. The Balaban J connectivity index is 2.58. The first-order chi connectivity index (χ1) is 13.0. The van der Waals surface area contributed by atoms with Crippen molar-refractivity contribution in [2.24, 2.45) is 0 Å². The normalized spacial score (nSPS) is 10.4. The first-order valence-corrected chi connectivity index (χ1v) is 10.5. The lowest BCUT2D eigenvalue weighted by Crippen LogP contribution is -2.29. The fourth-order valence-corrected chi connectivity index (χ4v) is 4.05. The van der Waals surface area contributed by atoms with Crippen LogP contribution in [-0.2, 0) is 9.47 Å². The fraction of sp³-hybridized carbons (Fsp3) is 0.632. The third-order valence-corrected chi connectivity index (χ3v) is 5.63. The lowest BCUT2D eigenvalue weighted by Gasteiger charge is -2.10. The molecule has 0 aliphatic rings. The van der Waals surface area contributed by atoms with Gasteiger partial charge in [-0.25, -0.2) is 9.59 Å². The summed E-state index contributed by atoms with van der Waals surface area (Å²) in [6.07, 6.45) is 8.59. The number of thiophene rings is 1. The molecule has 0 spiro atoms. The van der Waals surface area contributed by atoms with E-state index in [0.29, 0.717) is 26.1 Å². The Hall–Kier alpha value is -1.67. The van der Waals surface area contributed by atoms with Gasteiger partial charge in [0.1, 0.15) is 9.88 Å². The number of carbonyl (C=O) groups is 2. The molecular formula is C19H30N2O4S2. The molecule has 0 unspecified atom stereocenters. The van der Waals surface area contributed by atoms with Gasteiger partial charge >= 0.3 is 11.9 Å². The molecule has 6 nitrogen and oxygen atoms in total. The van der Waals surface area contributed by atoms with Crippen LogP contribution in [0, 0.1) is 6.92 Å². The van der Waals surface area contributed by atoms with E-state index in [0.717, 1.165) is 30.7 Å². The number of rotatable bonds is 11. The number of esters is 2. The number of nitrogens with one attached hydrogen (secondary N) is 2. The summed E-state index contributed by atoms with van der Waals surface area (Å²) in [5.41, 5.74) is 0.832. The average molecular weight is 415 g/mol. The maximum Gasteiger partial charge on any atom is 0.348 e. The van der Waals surface area contributed by atoms with E-state index in [4.69, 9.17) is 21.7 Å². The van der Waals surface area contributed by atoms with E-state index < -0.39 is 11.9 Å². The molecule has 152 valence electrons. The molecule has 0 amide bonds. The van der Waals surface area contributed by atoms with Crippen LogP contribution >= 0.6 is 23.6 Å². The predicted octanol–water partition coefficient (Wildman–Crippen LogP) is 4.67. The zero-order chi connectivity index (χ0) is 20.2. The van der Waals surface area contributed by atoms with Gasteiger partial charge < -0.3 is 20.1 Å². The van der Waals surface area contributed by atoms with Crippen molar-refractivity contribution >= 4 is 45.6 Å². The number of carbonyl (C=O) groups excluding carboxylic acids is 2. The average Bonchev–Trinajstić information content (AvgIpc) is 2.98. The number of hydrogen-bond donors (Lipinski definition) is 2. The second kappa shape index (κ2) is 12.7. The van der Waals surface area contributed by atoms with E-state index in [1.54, 1.807) is 6.92 Å². The van der Waals surface area contributed by atoms with Crippen molar-refractivity contribution in [1.29, 1.82) is 0 Å². The molecule has 1 aromatic heterocycles. The molecule has 0 bridgehead atoms. The van der Waals surface area contributed by atoms with Crippen molar-refractivity contribution < 1.29 is 19.1 Å². The number of anilines is 1. The Kier molecular flexibility index (Phi) is 11.0. The highest BCUT2D eigenvalue weighted by Crippen LogP contribution is 2.34. The third kappa shape index (κ3) is 7.46. The van der Waals surface area contributed by atoms with Crippen LogP contribution in [-0.4, -0.2) is 37.8 Å². The Morgan fingerprint density at radius 1 is 1.00 bits per heavy atom. The molecule has 0 radical (unpaired) electrons. The summed E-state index contributed by atoms with van der Waals surface area (Å²) < 4.78 is 9.61. The van der Waals surface area contributed by atoms with Crippen LogP contribution in [0.15, 0.2) is 0 Å². The number of ether oxygens (including phenoxy) is 2. The largest absolute Gasteiger partial charge is 0.465 e. The summed E-state index contributed by atoms with van der Waals surface area (Å²) in [4.78, 5) is 24.3. The third-order valence-electron chi connectivity index (χ3n) is 4.20. The zero-order valence-corrected chi connectivity index (χ0v) is 18.2. The summed E-state index contributed by atoms with van der Waals surface area (Å²) in [5, 5.41) is 7.07. The SMILES string of the molecule is CCCCCCCCCNC(=S)Nc1sc(C(=O)OC)c(C)c1C(=O)OC. The van der Waals surface area contributed by atoms with Crippen LogP contribution in [0.5, 0.6) is 0 Å². The van der Waals surface area contributed by atoms with E-state index in [9.17, 15) is 9.59 Å². The van der Waals surface area contributed by atoms with Gasteiger partial charge in [0.25, 0.3) is 0 Å². The molecular weight excluding hydrogens is 384 g/mol. The molecule has 0 saturated heterocycles. The van der Waals surface area contributed by atoms with Gasteiger partial charge in [-0.15, -0.1) is 11.3 Å². The highest BCUT2D eigenvalue weighted by Gasteiger charge is 2.26. The van der Waals surface area contributed by atoms with Gasteiger partial charge in [0.05, 0.1) is 19.8 Å². The van der Waals surface area contributed by atoms with Gasteiger partial charge in [-0.1, -0.05) is 45.4 Å². The van der Waals surface area contributed by atoms with Crippen molar-refractivity contribution in [3.05, 3.63) is 16.0 Å². The van der Waals surface area contributed by atoms with Gasteiger partial charge in [0, 0.05) is 6.54 Å². The maximum atomic E-state index is 12.1. The second-order valence-corrected chi connectivity index (χ2v) is 7.67. The number of methoxy groups -OCH3 is 2. The van der Waals surface area contributed by atoms with Gasteiger partial charge in [0.2, 0.25) is 0 Å². The standard InChI is InChI=1S/C19H30N2O4S2/c1-5-6-7-8-9-10-11-12-20-19(26)21-16-14(17(22)24-3)13(2)15(27-16)18(23)25-4/h5-12H2,1-4H3,(H2,20,21,26). The minimum Gasteiger partial charge on any atom is -0.465 e. The molecule has 0 aromatic carbocycles. The molecule has 2 N–H and O–H groups in total. The van der Waals surface area contributed by atoms with Crippen LogP contribution < -0.4 is 10.6 Å². The molecule has 0 atom stereocenters. The molecule has 1 aromatic rings. The van der Waals surface area contributed by atoms with Gasteiger partial charge in [-0.3, -0.25) is 0 Å². The Morgan fingerprint density at radius 3 is 2.19 bits per heavy atom. The van der Waals surface area contributed by atoms with Crippen LogP contribution in [0.3, 0.4) is 0 Å². The minimum atomic E-state index is -0.517. The number of hydrogen-bond acceptors (Lipinski definition) is 6. The summed E-state index contributed by atoms with van der Waals surface area (Å²) >= 11 is 6.45. The lowest BCUT2D eigenvalue weighted by molar-refractivity contribution is 0.0601. The monoisotopic (exact) mass is 414 g/mol. The molecule has 0 fully saturated rings. The van der Waals surface area contributed by atoms with Crippen LogP contribution in [0.2, 0.25) is 0 Å². The summed E-state index contributed by atoms with van der Waals surface area (Å²) in [6.45, 7) is 4.67. The van der Waals surface area contributed by atoms with E-state index in [2.05, 4.69) is 17.6 Å². The summed E-state index contributed by atoms with van der Waals surface area (Å²) in [6, 6.07) is 0. The predicted molar refractivity (Wildman–Crippen MR) is 114 cm³/mol. The van der Waals surface area contributed by atoms with Gasteiger partial charge in [0.15, 0.2) is 5.11 Å². The number of thiocarbonyl (C=S) groups is 1. The van der Waals surface area contributed by atoms with Gasteiger partial charge in [-0.05, 0) is 31.1 Å². The van der Waals surface area contributed by atoms with E-state index >= 15 is 0 Å². The van der Waals surface area contributed by atoms with E-state index in [1.807, 2.05) is 0 Å². The highest BCUT2D eigenvalue weighted by atomic mass is 32.1. The lowest BCUT2D eigenvalue weighted by atomic mass is 10.1. The highest BCUT2D eigenvalue weighted by molar-refractivity contribution is 7.80. The molecule has 0 aliphatic carbocycles. The molecule has 8 heteroatoms. The number of unbranched alkanes of at least 4 members (excludes halogenated alkanes) is 6. The first kappa shape index (κ1) is 23.4. The van der Waals surface area contributed by atoms with Crippen molar-refractivity contribution in [1.82, 2.24) is 5.32 Å². The summed E-state index contributed by atoms with van der Waals surface area (Å²) in [5.74, 6) is -1.01. The topological polar surface area (TPSA) is 76.7 Å². The van der Waals surface area contributed by atoms with E-state index in [-0.39, 0.29) is 0 Å². The summed E-state index contributed by atoms with van der Waals surface area (Å²) in [7, 11) is 2.61. The Morgan fingerprint density at radius 2 is 1.59 bits per heavy atom. The van der Waals surface area contributed by atoms with E-state index in [1.165, 1.54) is 46.3 Å². The van der Waals surface area contributed by atoms with Crippen molar-refractivity contribution in [3.63, 3.8) is 0 Å². The van der Waals surface area contributed by atoms with Gasteiger partial charge in [-0.2, -0.15) is 0 Å². The Labute approximate surface area is 171 Å². The van der Waals surface area contributed by atoms with Crippen molar-refractivity contribution in [3.8, 4) is 0 Å². The molecule has 27 heavy (non-hydrogen) atoms. The van der Waals surface area contributed by atoms with Crippen LogP contribution in [0.1, 0.15) is 77.5 Å². The molecule has 1 heterocycles. The molecule has 0 saturated carbocycles. The fourth-order valence-electron chi connectivity index (χ4n) is 2.67. The quantitative estimate of drug-likeness (QED) is 0.310. The minimum absolute atomic E-state index is 0.308.